The van der Waals surface area contributed by atoms with Gasteiger partial charge in [0.1, 0.15) is 0 Å². The maximum absolute atomic E-state index is 10.5. The Kier molecular flexibility index (Phi) is 5.61. The standard InChI is InChI=1S/C16H23NO2/c1-5-12(2)11-17(4)15-8-6-14(10-13(15)3)7-9-16(18)19/h6-10,12H,5,11H2,1-4H3,(H,18,19)/b9-7+. The monoisotopic (exact) mass is 261 g/mol. The first kappa shape index (κ1) is 15.3. The van der Waals surface area contributed by atoms with Crippen molar-refractivity contribution in [1.29, 1.82) is 0 Å². The molecule has 0 aliphatic rings. The van der Waals surface area contributed by atoms with Gasteiger partial charge in [-0.15, -0.1) is 0 Å². The van der Waals surface area contributed by atoms with Gasteiger partial charge in [-0.3, -0.25) is 0 Å². The molecule has 0 fully saturated rings. The van der Waals surface area contributed by atoms with Crippen LogP contribution in [0.4, 0.5) is 5.69 Å². The molecule has 1 aromatic rings. The topological polar surface area (TPSA) is 40.5 Å². The maximum atomic E-state index is 10.5. The van der Waals surface area contributed by atoms with Gasteiger partial charge in [-0.25, -0.2) is 4.79 Å². The van der Waals surface area contributed by atoms with E-state index >= 15 is 0 Å². The Morgan fingerprint density at radius 1 is 1.47 bits per heavy atom. The minimum absolute atomic E-state index is 0.663. The van der Waals surface area contributed by atoms with Crippen LogP contribution in [0.1, 0.15) is 31.4 Å². The highest BCUT2D eigenvalue weighted by Gasteiger charge is 2.08. The number of hydrogen-bond donors (Lipinski definition) is 1. The fourth-order valence-corrected chi connectivity index (χ4v) is 2.07. The Balaban J connectivity index is 2.85. The number of rotatable bonds is 6. The highest BCUT2D eigenvalue weighted by molar-refractivity contribution is 5.85. The molecule has 104 valence electrons. The molecule has 0 saturated heterocycles. The number of aliphatic carboxylic acids is 1. The predicted octanol–water partition coefficient (Wildman–Crippen LogP) is 3.58. The van der Waals surface area contributed by atoms with Crippen molar-refractivity contribution in [3.63, 3.8) is 0 Å². The number of nitrogens with zero attached hydrogens (tertiary/aromatic N) is 1. The molecule has 3 heteroatoms. The molecule has 3 nitrogen and oxygen atoms in total. The van der Waals surface area contributed by atoms with Gasteiger partial charge in [0.15, 0.2) is 0 Å². The van der Waals surface area contributed by atoms with Crippen molar-refractivity contribution in [3.8, 4) is 0 Å². The van der Waals surface area contributed by atoms with E-state index < -0.39 is 5.97 Å². The molecular formula is C16H23NO2. The molecule has 0 bridgehead atoms. The zero-order valence-corrected chi connectivity index (χ0v) is 12.2. The van der Waals surface area contributed by atoms with Gasteiger partial charge < -0.3 is 10.0 Å². The highest BCUT2D eigenvalue weighted by Crippen LogP contribution is 2.22. The van der Waals surface area contributed by atoms with Crippen molar-refractivity contribution in [2.24, 2.45) is 5.92 Å². The molecule has 0 aliphatic heterocycles. The summed E-state index contributed by atoms with van der Waals surface area (Å²) in [4.78, 5) is 12.8. The molecular weight excluding hydrogens is 238 g/mol. The van der Waals surface area contributed by atoms with Gasteiger partial charge in [-0.2, -0.15) is 0 Å². The van der Waals surface area contributed by atoms with Crippen LogP contribution in [0.5, 0.6) is 0 Å². The van der Waals surface area contributed by atoms with Crippen LogP contribution in [0.15, 0.2) is 24.3 Å². The first-order valence-corrected chi connectivity index (χ1v) is 6.66. The number of hydrogen-bond acceptors (Lipinski definition) is 2. The van der Waals surface area contributed by atoms with Crippen LogP contribution in [-0.4, -0.2) is 24.7 Å². The summed E-state index contributed by atoms with van der Waals surface area (Å²) in [6, 6.07) is 6.02. The number of benzene rings is 1. The molecule has 0 heterocycles. The normalized spacial score (nSPS) is 12.6. The summed E-state index contributed by atoms with van der Waals surface area (Å²) in [6.45, 7) is 7.53. The first-order valence-electron chi connectivity index (χ1n) is 6.66. The zero-order valence-electron chi connectivity index (χ0n) is 12.2. The summed E-state index contributed by atoms with van der Waals surface area (Å²) in [5.74, 6) is -0.258. The third-order valence-electron chi connectivity index (χ3n) is 3.33. The Hall–Kier alpha value is -1.77. The molecule has 0 aliphatic carbocycles. The quantitative estimate of drug-likeness (QED) is 0.796. The summed E-state index contributed by atoms with van der Waals surface area (Å²) in [5, 5.41) is 8.62. The average molecular weight is 261 g/mol. The molecule has 0 saturated carbocycles. The van der Waals surface area contributed by atoms with Crippen molar-refractivity contribution in [2.45, 2.75) is 27.2 Å². The number of carboxylic acids is 1. The molecule has 19 heavy (non-hydrogen) atoms. The predicted molar refractivity (Wildman–Crippen MR) is 80.6 cm³/mol. The number of carboxylic acid groups (broad SMARTS) is 1. The molecule has 0 radical (unpaired) electrons. The average Bonchev–Trinajstić information content (AvgIpc) is 2.35. The largest absolute Gasteiger partial charge is 0.478 e. The Bertz CT molecular complexity index is 466. The van der Waals surface area contributed by atoms with E-state index in [4.69, 9.17) is 5.11 Å². The minimum Gasteiger partial charge on any atom is -0.478 e. The molecule has 0 amide bonds. The van der Waals surface area contributed by atoms with Crippen LogP contribution in [-0.2, 0) is 4.79 Å². The smallest absolute Gasteiger partial charge is 0.328 e. The molecule has 1 N–H and O–H groups in total. The number of aryl methyl sites for hydroxylation is 1. The van der Waals surface area contributed by atoms with Gasteiger partial charge in [-0.05, 0) is 42.2 Å². The summed E-state index contributed by atoms with van der Waals surface area (Å²) in [6.07, 6.45) is 3.95. The lowest BCUT2D eigenvalue weighted by molar-refractivity contribution is -0.131. The van der Waals surface area contributed by atoms with Crippen LogP contribution < -0.4 is 4.90 Å². The van der Waals surface area contributed by atoms with Crippen molar-refractivity contribution in [1.82, 2.24) is 0 Å². The lowest BCUT2D eigenvalue weighted by Crippen LogP contribution is -2.24. The zero-order chi connectivity index (χ0) is 14.4. The second-order valence-corrected chi connectivity index (χ2v) is 5.11. The molecule has 1 atom stereocenters. The van der Waals surface area contributed by atoms with Gasteiger partial charge in [0.05, 0.1) is 0 Å². The summed E-state index contributed by atoms with van der Waals surface area (Å²) in [5.41, 5.74) is 3.28. The molecule has 1 unspecified atom stereocenters. The Morgan fingerprint density at radius 2 is 2.16 bits per heavy atom. The van der Waals surface area contributed by atoms with Crippen LogP contribution in [0.2, 0.25) is 0 Å². The van der Waals surface area contributed by atoms with E-state index in [0.29, 0.717) is 5.92 Å². The Morgan fingerprint density at radius 3 is 2.68 bits per heavy atom. The van der Waals surface area contributed by atoms with Gasteiger partial charge in [-0.1, -0.05) is 26.3 Å². The molecule has 1 rings (SSSR count). The van der Waals surface area contributed by atoms with Crippen LogP contribution >= 0.6 is 0 Å². The summed E-state index contributed by atoms with van der Waals surface area (Å²) < 4.78 is 0. The van der Waals surface area contributed by atoms with Gasteiger partial charge in [0, 0.05) is 25.4 Å². The van der Waals surface area contributed by atoms with Crippen LogP contribution in [0, 0.1) is 12.8 Å². The SMILES string of the molecule is CCC(C)CN(C)c1ccc(/C=C/C(=O)O)cc1C. The van der Waals surface area contributed by atoms with Crippen molar-refractivity contribution >= 4 is 17.7 Å². The summed E-state index contributed by atoms with van der Waals surface area (Å²) >= 11 is 0. The van der Waals surface area contributed by atoms with Crippen molar-refractivity contribution in [3.05, 3.63) is 35.4 Å². The van der Waals surface area contributed by atoms with E-state index in [-0.39, 0.29) is 0 Å². The lowest BCUT2D eigenvalue weighted by atomic mass is 10.1. The third-order valence-corrected chi connectivity index (χ3v) is 3.33. The first-order chi connectivity index (χ1) is 8.93. The van der Waals surface area contributed by atoms with E-state index in [0.717, 1.165) is 18.2 Å². The van der Waals surface area contributed by atoms with Gasteiger partial charge in [0.25, 0.3) is 0 Å². The molecule has 0 aromatic heterocycles. The van der Waals surface area contributed by atoms with Crippen molar-refractivity contribution < 1.29 is 9.90 Å². The van der Waals surface area contributed by atoms with E-state index in [1.54, 1.807) is 6.08 Å². The fourth-order valence-electron chi connectivity index (χ4n) is 2.07. The van der Waals surface area contributed by atoms with Crippen LogP contribution in [0.3, 0.4) is 0 Å². The van der Waals surface area contributed by atoms with Crippen LogP contribution in [0.25, 0.3) is 6.08 Å². The molecule has 0 spiro atoms. The van der Waals surface area contributed by atoms with Gasteiger partial charge >= 0.3 is 5.97 Å². The lowest BCUT2D eigenvalue weighted by Gasteiger charge is -2.24. The molecule has 1 aromatic carbocycles. The van der Waals surface area contributed by atoms with E-state index in [2.05, 4.69) is 38.8 Å². The number of carbonyl (C=O) groups is 1. The second-order valence-electron chi connectivity index (χ2n) is 5.11. The Labute approximate surface area is 115 Å². The van der Waals surface area contributed by atoms with E-state index in [9.17, 15) is 4.79 Å². The van der Waals surface area contributed by atoms with Crippen molar-refractivity contribution in [2.75, 3.05) is 18.5 Å². The minimum atomic E-state index is -0.921. The number of anilines is 1. The van der Waals surface area contributed by atoms with E-state index in [1.807, 2.05) is 12.1 Å². The highest BCUT2D eigenvalue weighted by atomic mass is 16.4. The fraction of sp³-hybridized carbons (Fsp3) is 0.438. The summed E-state index contributed by atoms with van der Waals surface area (Å²) in [7, 11) is 2.10. The van der Waals surface area contributed by atoms with Gasteiger partial charge in [0.2, 0.25) is 0 Å². The maximum Gasteiger partial charge on any atom is 0.328 e. The second kappa shape index (κ2) is 6.98. The third kappa shape index (κ3) is 4.78. The van der Waals surface area contributed by atoms with E-state index in [1.165, 1.54) is 17.7 Å².